The van der Waals surface area contributed by atoms with Gasteiger partial charge in [0.25, 0.3) is 0 Å². The Morgan fingerprint density at radius 3 is 2.63 bits per heavy atom. The Kier molecular flexibility index (Phi) is 4.52. The molecule has 0 fully saturated rings. The van der Waals surface area contributed by atoms with Gasteiger partial charge in [0, 0.05) is 6.07 Å². The smallest absolute Gasteiger partial charge is 0.218 e. The van der Waals surface area contributed by atoms with Gasteiger partial charge in [-0.2, -0.15) is 4.98 Å². The summed E-state index contributed by atoms with van der Waals surface area (Å²) >= 11 is 5.11. The summed E-state index contributed by atoms with van der Waals surface area (Å²) in [7, 11) is 1.64. The van der Waals surface area contributed by atoms with E-state index in [1.54, 1.807) is 7.11 Å². The second-order valence-corrected chi connectivity index (χ2v) is 4.40. The fourth-order valence-electron chi connectivity index (χ4n) is 1.64. The van der Waals surface area contributed by atoms with Gasteiger partial charge in [0.05, 0.1) is 19.4 Å². The minimum atomic E-state index is 0.416. The molecule has 0 spiro atoms. The summed E-state index contributed by atoms with van der Waals surface area (Å²) in [6, 6.07) is 9.58. The number of methoxy groups -OCH3 is 1. The lowest BCUT2D eigenvalue weighted by molar-refractivity contribution is 0.304. The number of benzene rings is 1. The van der Waals surface area contributed by atoms with Gasteiger partial charge >= 0.3 is 0 Å². The summed E-state index contributed by atoms with van der Waals surface area (Å²) in [4.78, 5) is 7.20. The van der Waals surface area contributed by atoms with Crippen molar-refractivity contribution in [1.82, 2.24) is 9.97 Å². The van der Waals surface area contributed by atoms with E-state index in [9.17, 15) is 0 Å². The SMILES string of the molecule is CCCOc1cc(-c2ccc(OC)cc2)[nH]c(=S)n1. The number of ether oxygens (including phenoxy) is 2. The van der Waals surface area contributed by atoms with Crippen molar-refractivity contribution in [2.75, 3.05) is 13.7 Å². The molecule has 0 atom stereocenters. The van der Waals surface area contributed by atoms with Gasteiger partial charge in [0.1, 0.15) is 5.75 Å². The van der Waals surface area contributed by atoms with Crippen molar-refractivity contribution in [3.8, 4) is 22.9 Å². The molecule has 0 saturated heterocycles. The molecule has 0 bridgehead atoms. The molecule has 1 aromatic carbocycles. The maximum Gasteiger partial charge on any atom is 0.218 e. The lowest BCUT2D eigenvalue weighted by Crippen LogP contribution is -1.99. The maximum absolute atomic E-state index is 5.52. The van der Waals surface area contributed by atoms with Crippen LogP contribution >= 0.6 is 12.2 Å². The van der Waals surface area contributed by atoms with E-state index >= 15 is 0 Å². The molecule has 19 heavy (non-hydrogen) atoms. The Hall–Kier alpha value is -1.88. The number of hydrogen-bond acceptors (Lipinski definition) is 4. The number of H-pyrrole nitrogens is 1. The Labute approximate surface area is 117 Å². The van der Waals surface area contributed by atoms with Crippen LogP contribution in [-0.4, -0.2) is 23.7 Å². The Balaban J connectivity index is 2.32. The van der Waals surface area contributed by atoms with E-state index in [2.05, 4.69) is 9.97 Å². The highest BCUT2D eigenvalue weighted by Crippen LogP contribution is 2.22. The average molecular weight is 276 g/mol. The van der Waals surface area contributed by atoms with Crippen LogP contribution in [0.4, 0.5) is 0 Å². The van der Waals surface area contributed by atoms with Crippen molar-refractivity contribution >= 4 is 12.2 Å². The van der Waals surface area contributed by atoms with Crippen molar-refractivity contribution in [1.29, 1.82) is 0 Å². The molecule has 0 saturated carbocycles. The summed E-state index contributed by atoms with van der Waals surface area (Å²) < 4.78 is 11.1. The fraction of sp³-hybridized carbons (Fsp3) is 0.286. The number of aromatic amines is 1. The van der Waals surface area contributed by atoms with Crippen LogP contribution in [0.2, 0.25) is 0 Å². The van der Waals surface area contributed by atoms with Gasteiger partial charge in [-0.05, 0) is 48.5 Å². The second-order valence-electron chi connectivity index (χ2n) is 4.02. The van der Waals surface area contributed by atoms with Crippen molar-refractivity contribution in [2.24, 2.45) is 0 Å². The van der Waals surface area contributed by atoms with E-state index < -0.39 is 0 Å². The third-order valence-electron chi connectivity index (χ3n) is 2.58. The van der Waals surface area contributed by atoms with E-state index in [1.165, 1.54) is 0 Å². The normalized spacial score (nSPS) is 10.2. The number of hydrogen-bond donors (Lipinski definition) is 1. The minimum Gasteiger partial charge on any atom is -0.497 e. The predicted molar refractivity (Wildman–Crippen MR) is 77.2 cm³/mol. The van der Waals surface area contributed by atoms with Crippen LogP contribution in [0.25, 0.3) is 11.3 Å². The number of nitrogens with zero attached hydrogens (tertiary/aromatic N) is 1. The van der Waals surface area contributed by atoms with Crippen LogP contribution < -0.4 is 9.47 Å². The maximum atomic E-state index is 5.52. The first-order valence-electron chi connectivity index (χ1n) is 6.11. The molecule has 0 unspecified atom stereocenters. The fourth-order valence-corrected chi connectivity index (χ4v) is 1.84. The van der Waals surface area contributed by atoms with Crippen LogP contribution in [0.1, 0.15) is 13.3 Å². The highest BCUT2D eigenvalue weighted by molar-refractivity contribution is 7.71. The molecule has 100 valence electrons. The van der Waals surface area contributed by atoms with Gasteiger partial charge in [-0.25, -0.2) is 0 Å². The largest absolute Gasteiger partial charge is 0.497 e. The van der Waals surface area contributed by atoms with Gasteiger partial charge in [0.15, 0.2) is 0 Å². The van der Waals surface area contributed by atoms with Crippen LogP contribution in [0.3, 0.4) is 0 Å². The van der Waals surface area contributed by atoms with E-state index in [0.717, 1.165) is 23.4 Å². The Morgan fingerprint density at radius 2 is 2.00 bits per heavy atom. The van der Waals surface area contributed by atoms with E-state index in [-0.39, 0.29) is 0 Å². The molecule has 0 aliphatic heterocycles. The van der Waals surface area contributed by atoms with Crippen LogP contribution in [0, 0.1) is 4.77 Å². The molecule has 1 heterocycles. The summed E-state index contributed by atoms with van der Waals surface area (Å²) in [6.45, 7) is 2.68. The van der Waals surface area contributed by atoms with Gasteiger partial charge in [-0.15, -0.1) is 0 Å². The Morgan fingerprint density at radius 1 is 1.26 bits per heavy atom. The monoisotopic (exact) mass is 276 g/mol. The molecule has 1 aromatic heterocycles. The third kappa shape index (κ3) is 3.54. The van der Waals surface area contributed by atoms with Crippen LogP contribution in [0.5, 0.6) is 11.6 Å². The molecular weight excluding hydrogens is 260 g/mol. The molecule has 0 aliphatic carbocycles. The molecule has 0 aliphatic rings. The molecule has 0 amide bonds. The summed E-state index contributed by atoms with van der Waals surface area (Å²) in [6.07, 6.45) is 0.935. The number of aromatic nitrogens is 2. The first kappa shape index (κ1) is 13.5. The van der Waals surface area contributed by atoms with Gasteiger partial charge in [-0.3, -0.25) is 0 Å². The predicted octanol–water partition coefficient (Wildman–Crippen LogP) is 3.60. The first-order chi connectivity index (χ1) is 9.22. The Bertz CT molecular complexity index is 593. The van der Waals surface area contributed by atoms with Crippen molar-refractivity contribution in [3.05, 3.63) is 35.1 Å². The molecule has 0 radical (unpaired) electrons. The summed E-state index contributed by atoms with van der Waals surface area (Å²) in [5.74, 6) is 1.37. The molecular formula is C14H16N2O2S. The number of rotatable bonds is 5. The highest BCUT2D eigenvalue weighted by atomic mass is 32.1. The van der Waals surface area contributed by atoms with Crippen LogP contribution in [-0.2, 0) is 0 Å². The van der Waals surface area contributed by atoms with Crippen LogP contribution in [0.15, 0.2) is 30.3 Å². The van der Waals surface area contributed by atoms with Gasteiger partial charge in [-0.1, -0.05) is 6.92 Å². The van der Waals surface area contributed by atoms with Crippen molar-refractivity contribution in [3.63, 3.8) is 0 Å². The van der Waals surface area contributed by atoms with E-state index in [1.807, 2.05) is 37.3 Å². The molecule has 2 rings (SSSR count). The number of nitrogens with one attached hydrogen (secondary N) is 1. The van der Waals surface area contributed by atoms with Crippen molar-refractivity contribution in [2.45, 2.75) is 13.3 Å². The summed E-state index contributed by atoms with van der Waals surface area (Å²) in [5.41, 5.74) is 1.89. The molecule has 2 aromatic rings. The van der Waals surface area contributed by atoms with Gasteiger partial charge in [0.2, 0.25) is 10.7 Å². The summed E-state index contributed by atoms with van der Waals surface area (Å²) in [5, 5.41) is 0. The zero-order chi connectivity index (χ0) is 13.7. The molecule has 5 heteroatoms. The lowest BCUT2D eigenvalue weighted by Gasteiger charge is -2.07. The molecule has 1 N–H and O–H groups in total. The topological polar surface area (TPSA) is 47.1 Å². The highest BCUT2D eigenvalue weighted by Gasteiger charge is 2.03. The average Bonchev–Trinajstić information content (AvgIpc) is 2.44. The van der Waals surface area contributed by atoms with Crippen molar-refractivity contribution < 1.29 is 9.47 Å². The lowest BCUT2D eigenvalue weighted by atomic mass is 10.1. The standard InChI is InChI=1S/C14H16N2O2S/c1-3-8-18-13-9-12(15-14(19)16-13)10-4-6-11(17-2)7-5-10/h4-7,9H,3,8H2,1-2H3,(H,15,16,19). The quantitative estimate of drug-likeness (QED) is 0.848. The van der Waals surface area contributed by atoms with E-state index in [4.69, 9.17) is 21.7 Å². The third-order valence-corrected chi connectivity index (χ3v) is 2.77. The zero-order valence-electron chi connectivity index (χ0n) is 11.0. The zero-order valence-corrected chi connectivity index (χ0v) is 11.8. The van der Waals surface area contributed by atoms with E-state index in [0.29, 0.717) is 17.3 Å². The second kappa shape index (κ2) is 6.33. The van der Waals surface area contributed by atoms with Gasteiger partial charge < -0.3 is 14.5 Å². The molecule has 4 nitrogen and oxygen atoms in total. The first-order valence-corrected chi connectivity index (χ1v) is 6.52. The minimum absolute atomic E-state index is 0.416.